The highest BCUT2D eigenvalue weighted by molar-refractivity contribution is 5.33. The van der Waals surface area contributed by atoms with Crippen molar-refractivity contribution in [3.05, 3.63) is 52.7 Å². The Morgan fingerprint density at radius 1 is 1.44 bits per heavy atom. The van der Waals surface area contributed by atoms with Gasteiger partial charge in [0.2, 0.25) is 0 Å². The number of aliphatic hydroxyl groups is 1. The topological polar surface area (TPSA) is 46.3 Å². The van der Waals surface area contributed by atoms with Crippen molar-refractivity contribution in [1.82, 2.24) is 4.98 Å². The molecule has 94 valence electrons. The molecule has 1 N–H and O–H groups in total. The lowest BCUT2D eigenvalue weighted by Crippen LogP contribution is -2.09. The van der Waals surface area contributed by atoms with E-state index in [0.717, 1.165) is 35.6 Å². The first-order valence-corrected chi connectivity index (χ1v) is 6.35. The molecule has 1 aliphatic carbocycles. The number of furan rings is 1. The van der Waals surface area contributed by atoms with Crippen molar-refractivity contribution < 1.29 is 9.52 Å². The van der Waals surface area contributed by atoms with E-state index in [9.17, 15) is 5.11 Å². The average Bonchev–Trinajstić information content (AvgIpc) is 2.92. The predicted molar refractivity (Wildman–Crippen MR) is 68.4 cm³/mol. The summed E-state index contributed by atoms with van der Waals surface area (Å²) in [6, 6.07) is 5.99. The van der Waals surface area contributed by atoms with Gasteiger partial charge in [-0.05, 0) is 44.4 Å². The van der Waals surface area contributed by atoms with E-state index in [1.165, 1.54) is 5.56 Å². The fourth-order valence-corrected chi connectivity index (χ4v) is 2.91. The zero-order valence-electron chi connectivity index (χ0n) is 10.7. The number of aryl methyl sites for hydroxylation is 3. The van der Waals surface area contributed by atoms with Crippen molar-refractivity contribution in [3.8, 4) is 0 Å². The highest BCUT2D eigenvalue weighted by Crippen LogP contribution is 2.41. The van der Waals surface area contributed by atoms with E-state index in [2.05, 4.69) is 11.1 Å². The molecular weight excluding hydrogens is 226 g/mol. The summed E-state index contributed by atoms with van der Waals surface area (Å²) < 4.78 is 5.50. The van der Waals surface area contributed by atoms with Crippen LogP contribution >= 0.6 is 0 Å². The van der Waals surface area contributed by atoms with Crippen molar-refractivity contribution in [1.29, 1.82) is 0 Å². The molecule has 0 radical (unpaired) electrons. The molecule has 18 heavy (non-hydrogen) atoms. The molecule has 0 aromatic carbocycles. The van der Waals surface area contributed by atoms with Crippen LogP contribution in [0.15, 0.2) is 28.8 Å². The van der Waals surface area contributed by atoms with E-state index in [4.69, 9.17) is 4.42 Å². The second-order valence-corrected chi connectivity index (χ2v) is 5.01. The van der Waals surface area contributed by atoms with Gasteiger partial charge in [0.1, 0.15) is 11.5 Å². The maximum atomic E-state index is 10.6. The van der Waals surface area contributed by atoms with Crippen LogP contribution in [0.3, 0.4) is 0 Å². The number of rotatable bonds is 2. The summed E-state index contributed by atoms with van der Waals surface area (Å²) in [5.74, 6) is 1.75. The largest absolute Gasteiger partial charge is 0.466 e. The van der Waals surface area contributed by atoms with Gasteiger partial charge in [0.15, 0.2) is 0 Å². The molecule has 0 fully saturated rings. The van der Waals surface area contributed by atoms with E-state index in [1.807, 2.05) is 26.0 Å². The van der Waals surface area contributed by atoms with Crippen LogP contribution in [0.2, 0.25) is 0 Å². The second-order valence-electron chi connectivity index (χ2n) is 5.01. The number of aromatic nitrogens is 1. The SMILES string of the molecule is Cc1cc(C(O)C2CCc3cccnc32)c(C)o1. The van der Waals surface area contributed by atoms with E-state index in [0.29, 0.717) is 0 Å². The third-order valence-corrected chi connectivity index (χ3v) is 3.78. The Morgan fingerprint density at radius 3 is 3.00 bits per heavy atom. The number of pyridine rings is 1. The first-order chi connectivity index (χ1) is 8.66. The van der Waals surface area contributed by atoms with Gasteiger partial charge in [-0.25, -0.2) is 0 Å². The molecule has 0 aliphatic heterocycles. The van der Waals surface area contributed by atoms with Crippen molar-refractivity contribution in [2.45, 2.75) is 38.7 Å². The molecule has 2 atom stereocenters. The molecule has 0 saturated heterocycles. The van der Waals surface area contributed by atoms with Gasteiger partial charge in [0, 0.05) is 23.4 Å². The van der Waals surface area contributed by atoms with Gasteiger partial charge in [-0.2, -0.15) is 0 Å². The number of hydrogen-bond donors (Lipinski definition) is 1. The van der Waals surface area contributed by atoms with Gasteiger partial charge in [-0.15, -0.1) is 0 Å². The molecule has 3 nitrogen and oxygen atoms in total. The minimum absolute atomic E-state index is 0.0944. The smallest absolute Gasteiger partial charge is 0.106 e. The fraction of sp³-hybridized carbons (Fsp3) is 0.400. The summed E-state index contributed by atoms with van der Waals surface area (Å²) >= 11 is 0. The Labute approximate surface area is 106 Å². The van der Waals surface area contributed by atoms with Crippen LogP contribution in [-0.2, 0) is 6.42 Å². The Balaban J connectivity index is 1.95. The second kappa shape index (κ2) is 4.25. The molecule has 3 rings (SSSR count). The number of nitrogens with zero attached hydrogens (tertiary/aromatic N) is 1. The van der Waals surface area contributed by atoms with Gasteiger partial charge >= 0.3 is 0 Å². The van der Waals surface area contributed by atoms with E-state index >= 15 is 0 Å². The average molecular weight is 243 g/mol. The first kappa shape index (κ1) is 11.5. The molecule has 2 heterocycles. The summed E-state index contributed by atoms with van der Waals surface area (Å²) in [5, 5.41) is 10.6. The Hall–Kier alpha value is -1.61. The van der Waals surface area contributed by atoms with Crippen LogP contribution < -0.4 is 0 Å². The fourth-order valence-electron chi connectivity index (χ4n) is 2.91. The molecule has 0 spiro atoms. The molecule has 2 aromatic rings. The lowest BCUT2D eigenvalue weighted by molar-refractivity contribution is 0.141. The molecule has 0 amide bonds. The standard InChI is InChI=1S/C15H17NO2/c1-9-8-13(10(2)18-9)15(17)12-6-5-11-4-3-7-16-14(11)12/h3-4,7-8,12,15,17H,5-6H2,1-2H3. The quantitative estimate of drug-likeness (QED) is 0.881. The minimum atomic E-state index is -0.515. The normalized spacial score (nSPS) is 19.8. The number of hydrogen-bond acceptors (Lipinski definition) is 3. The van der Waals surface area contributed by atoms with Gasteiger partial charge in [0.25, 0.3) is 0 Å². The summed E-state index contributed by atoms with van der Waals surface area (Å²) in [6.07, 6.45) is 3.24. The van der Waals surface area contributed by atoms with Crippen molar-refractivity contribution >= 4 is 0 Å². The predicted octanol–water partition coefficient (Wildman–Crippen LogP) is 3.05. The van der Waals surface area contributed by atoms with Crippen LogP contribution in [0.25, 0.3) is 0 Å². The van der Waals surface area contributed by atoms with Crippen molar-refractivity contribution in [2.75, 3.05) is 0 Å². The summed E-state index contributed by atoms with van der Waals surface area (Å²) in [7, 11) is 0. The highest BCUT2D eigenvalue weighted by Gasteiger charge is 2.32. The lowest BCUT2D eigenvalue weighted by Gasteiger charge is -2.17. The van der Waals surface area contributed by atoms with Crippen LogP contribution in [-0.4, -0.2) is 10.1 Å². The minimum Gasteiger partial charge on any atom is -0.466 e. The zero-order valence-corrected chi connectivity index (χ0v) is 10.7. The monoisotopic (exact) mass is 243 g/mol. The van der Waals surface area contributed by atoms with E-state index in [1.54, 1.807) is 6.20 Å². The highest BCUT2D eigenvalue weighted by atomic mass is 16.3. The maximum Gasteiger partial charge on any atom is 0.106 e. The number of aliphatic hydroxyl groups excluding tert-OH is 1. The summed E-state index contributed by atoms with van der Waals surface area (Å²) in [4.78, 5) is 4.43. The van der Waals surface area contributed by atoms with Crippen LogP contribution in [0.4, 0.5) is 0 Å². The van der Waals surface area contributed by atoms with Crippen LogP contribution in [0.1, 0.15) is 46.8 Å². The Kier molecular flexibility index (Phi) is 2.71. The van der Waals surface area contributed by atoms with Gasteiger partial charge in [0.05, 0.1) is 6.10 Å². The first-order valence-electron chi connectivity index (χ1n) is 6.35. The van der Waals surface area contributed by atoms with Crippen LogP contribution in [0, 0.1) is 13.8 Å². The molecular formula is C15H17NO2. The van der Waals surface area contributed by atoms with Crippen LogP contribution in [0.5, 0.6) is 0 Å². The maximum absolute atomic E-state index is 10.6. The van der Waals surface area contributed by atoms with Gasteiger partial charge < -0.3 is 9.52 Å². The van der Waals surface area contributed by atoms with Crippen molar-refractivity contribution in [2.24, 2.45) is 0 Å². The van der Waals surface area contributed by atoms with E-state index in [-0.39, 0.29) is 5.92 Å². The molecule has 1 aliphatic rings. The molecule has 2 unspecified atom stereocenters. The third kappa shape index (κ3) is 1.75. The third-order valence-electron chi connectivity index (χ3n) is 3.78. The Morgan fingerprint density at radius 2 is 2.28 bits per heavy atom. The molecule has 2 aromatic heterocycles. The molecule has 0 bridgehead atoms. The van der Waals surface area contributed by atoms with Crippen molar-refractivity contribution in [3.63, 3.8) is 0 Å². The summed E-state index contributed by atoms with van der Waals surface area (Å²) in [6.45, 7) is 3.81. The summed E-state index contributed by atoms with van der Waals surface area (Å²) in [5.41, 5.74) is 3.21. The Bertz CT molecular complexity index is 574. The number of fused-ring (bicyclic) bond motifs is 1. The molecule has 3 heteroatoms. The van der Waals surface area contributed by atoms with E-state index < -0.39 is 6.10 Å². The van der Waals surface area contributed by atoms with Gasteiger partial charge in [-0.3, -0.25) is 4.98 Å². The molecule has 0 saturated carbocycles. The lowest BCUT2D eigenvalue weighted by atomic mass is 9.93. The zero-order chi connectivity index (χ0) is 12.7. The van der Waals surface area contributed by atoms with Gasteiger partial charge in [-0.1, -0.05) is 6.07 Å².